The van der Waals surface area contributed by atoms with Crippen molar-refractivity contribution in [2.24, 2.45) is 5.41 Å². The van der Waals surface area contributed by atoms with Crippen molar-refractivity contribution in [3.8, 4) is 0 Å². The summed E-state index contributed by atoms with van der Waals surface area (Å²) in [7, 11) is 0. The third-order valence-corrected chi connectivity index (χ3v) is 5.09. The fourth-order valence-corrected chi connectivity index (χ4v) is 3.57. The van der Waals surface area contributed by atoms with Crippen molar-refractivity contribution in [3.63, 3.8) is 0 Å². The molecule has 0 N–H and O–H groups in total. The highest BCUT2D eigenvalue weighted by Crippen LogP contribution is 2.41. The zero-order valence-electron chi connectivity index (χ0n) is 12.9. The van der Waals surface area contributed by atoms with E-state index in [-0.39, 0.29) is 5.41 Å². The minimum absolute atomic E-state index is 0.0605. The Morgan fingerprint density at radius 2 is 1.90 bits per heavy atom. The van der Waals surface area contributed by atoms with E-state index in [9.17, 15) is 0 Å². The molecule has 104 valence electrons. The second kappa shape index (κ2) is 4.21. The summed E-state index contributed by atoms with van der Waals surface area (Å²) in [6, 6.07) is 4.65. The molecule has 1 aromatic carbocycles. The van der Waals surface area contributed by atoms with Crippen molar-refractivity contribution in [2.45, 2.75) is 27.2 Å². The molecule has 1 unspecified atom stereocenters. The molecule has 0 saturated heterocycles. The molecule has 0 heterocycles. The van der Waals surface area contributed by atoms with Crippen LogP contribution in [0, 0.1) is 19.3 Å². The van der Waals surface area contributed by atoms with Crippen LogP contribution in [0.3, 0.4) is 0 Å². The van der Waals surface area contributed by atoms with Crippen molar-refractivity contribution < 1.29 is 0 Å². The van der Waals surface area contributed by atoms with Crippen LogP contribution >= 0.6 is 0 Å². The van der Waals surface area contributed by atoms with Crippen LogP contribution in [0.25, 0.3) is 11.6 Å². The van der Waals surface area contributed by atoms with E-state index in [1.807, 2.05) is 0 Å². The largest absolute Gasteiger partial charge is 0.0804 e. The van der Waals surface area contributed by atoms with Crippen LogP contribution in [0.15, 0.2) is 59.7 Å². The average Bonchev–Trinajstić information content (AvgIpc) is 3.07. The van der Waals surface area contributed by atoms with Gasteiger partial charge < -0.3 is 0 Å². The molecular formula is C21H20. The number of hydrogen-bond acceptors (Lipinski definition) is 0. The third kappa shape index (κ3) is 1.82. The molecule has 4 rings (SSSR count). The molecule has 3 aliphatic rings. The Morgan fingerprint density at radius 1 is 1.10 bits per heavy atom. The molecule has 0 bridgehead atoms. The molecule has 0 nitrogen and oxygen atoms in total. The number of hydrogen-bond donors (Lipinski definition) is 0. The molecule has 0 fully saturated rings. The predicted molar refractivity (Wildman–Crippen MR) is 90.2 cm³/mol. The Bertz CT molecular complexity index is 885. The van der Waals surface area contributed by atoms with E-state index < -0.39 is 0 Å². The summed E-state index contributed by atoms with van der Waals surface area (Å²) in [5.74, 6) is 0. The molecule has 1 atom stereocenters. The van der Waals surface area contributed by atoms with Gasteiger partial charge in [-0.15, -0.1) is 0 Å². The van der Waals surface area contributed by atoms with E-state index in [1.54, 1.807) is 0 Å². The third-order valence-electron chi connectivity index (χ3n) is 5.09. The predicted octanol–water partition coefficient (Wildman–Crippen LogP) is 3.64. The van der Waals surface area contributed by atoms with Gasteiger partial charge in [0.2, 0.25) is 0 Å². The second-order valence-corrected chi connectivity index (χ2v) is 6.62. The Labute approximate surface area is 126 Å². The Hall–Kier alpha value is -2.08. The summed E-state index contributed by atoms with van der Waals surface area (Å²) in [6.45, 7) is 6.71. The Kier molecular flexibility index (Phi) is 2.53. The van der Waals surface area contributed by atoms with Crippen molar-refractivity contribution in [3.05, 3.63) is 81.3 Å². The summed E-state index contributed by atoms with van der Waals surface area (Å²) in [5, 5.41) is 2.76. The molecule has 1 aromatic rings. The standard InChI is InChI=1S/C21H20/c1-14-10-16-12-17-13-21(3,18-6-4-5-7-18)9-8-19(17)20(16)11-15(14)2/h4-6,8-13H,7H2,1-3H3. The van der Waals surface area contributed by atoms with Gasteiger partial charge in [0, 0.05) is 5.41 Å². The molecular weight excluding hydrogens is 252 g/mol. The van der Waals surface area contributed by atoms with E-state index in [0.29, 0.717) is 0 Å². The van der Waals surface area contributed by atoms with Gasteiger partial charge in [0.05, 0.1) is 0 Å². The first-order valence-electron chi connectivity index (χ1n) is 7.69. The van der Waals surface area contributed by atoms with Gasteiger partial charge in [-0.25, -0.2) is 0 Å². The van der Waals surface area contributed by atoms with E-state index in [0.717, 1.165) is 6.42 Å². The molecule has 0 heteroatoms. The number of fused-ring (bicyclic) bond motifs is 2. The molecule has 0 aromatic heterocycles. The molecule has 3 aliphatic carbocycles. The van der Waals surface area contributed by atoms with Crippen LogP contribution in [0.1, 0.15) is 24.5 Å². The topological polar surface area (TPSA) is 0 Å². The first-order chi connectivity index (χ1) is 10.1. The highest BCUT2D eigenvalue weighted by Gasteiger charge is 2.28. The zero-order chi connectivity index (χ0) is 14.6. The Morgan fingerprint density at radius 3 is 2.67 bits per heavy atom. The summed E-state index contributed by atoms with van der Waals surface area (Å²) in [6.07, 6.45) is 17.2. The first kappa shape index (κ1) is 12.6. The molecule has 0 radical (unpaired) electrons. The van der Waals surface area contributed by atoms with Crippen molar-refractivity contribution in [1.82, 2.24) is 0 Å². The SMILES string of the molecule is Cc1cc2c(cc1C)=C1C=CC(C)(C3=CC=CC3)C=C1C=2. The maximum Gasteiger partial charge on any atom is 0.0261 e. The monoisotopic (exact) mass is 272 g/mol. The molecule has 0 amide bonds. The molecule has 0 aliphatic heterocycles. The Balaban J connectivity index is 1.90. The number of benzene rings is 1. The minimum Gasteiger partial charge on any atom is -0.0804 e. The number of aryl methyl sites for hydroxylation is 2. The van der Waals surface area contributed by atoms with Gasteiger partial charge in [0.25, 0.3) is 0 Å². The van der Waals surface area contributed by atoms with Gasteiger partial charge in [0.15, 0.2) is 0 Å². The van der Waals surface area contributed by atoms with Gasteiger partial charge in [-0.3, -0.25) is 0 Å². The smallest absolute Gasteiger partial charge is 0.0261 e. The normalized spacial score (nSPS) is 25.4. The van der Waals surface area contributed by atoms with Crippen LogP contribution in [0.5, 0.6) is 0 Å². The van der Waals surface area contributed by atoms with E-state index >= 15 is 0 Å². The lowest BCUT2D eigenvalue weighted by molar-refractivity contribution is 0.645. The van der Waals surface area contributed by atoms with E-state index in [1.165, 1.54) is 38.3 Å². The van der Waals surface area contributed by atoms with E-state index in [4.69, 9.17) is 0 Å². The van der Waals surface area contributed by atoms with Crippen LogP contribution in [0.4, 0.5) is 0 Å². The lowest BCUT2D eigenvalue weighted by atomic mass is 9.75. The van der Waals surface area contributed by atoms with Crippen LogP contribution in [0.2, 0.25) is 0 Å². The first-order valence-corrected chi connectivity index (χ1v) is 7.69. The highest BCUT2D eigenvalue weighted by molar-refractivity contribution is 5.89. The van der Waals surface area contributed by atoms with Crippen molar-refractivity contribution in [1.29, 1.82) is 0 Å². The fraction of sp³-hybridized carbons (Fsp3) is 0.238. The molecule has 0 saturated carbocycles. The fourth-order valence-electron chi connectivity index (χ4n) is 3.57. The lowest BCUT2D eigenvalue weighted by Crippen LogP contribution is -2.24. The van der Waals surface area contributed by atoms with Gasteiger partial charge in [-0.05, 0) is 66.0 Å². The van der Waals surface area contributed by atoms with E-state index in [2.05, 4.69) is 75.4 Å². The highest BCUT2D eigenvalue weighted by atomic mass is 14.3. The lowest BCUT2D eigenvalue weighted by Gasteiger charge is -2.28. The molecule has 21 heavy (non-hydrogen) atoms. The summed E-state index contributed by atoms with van der Waals surface area (Å²) < 4.78 is 0. The summed E-state index contributed by atoms with van der Waals surface area (Å²) >= 11 is 0. The van der Waals surface area contributed by atoms with Crippen molar-refractivity contribution in [2.75, 3.05) is 0 Å². The van der Waals surface area contributed by atoms with Gasteiger partial charge in [0.1, 0.15) is 0 Å². The van der Waals surface area contributed by atoms with Gasteiger partial charge >= 0.3 is 0 Å². The number of rotatable bonds is 1. The second-order valence-electron chi connectivity index (χ2n) is 6.62. The summed E-state index contributed by atoms with van der Waals surface area (Å²) in [4.78, 5) is 0. The maximum absolute atomic E-state index is 2.44. The summed E-state index contributed by atoms with van der Waals surface area (Å²) in [5.41, 5.74) is 7.07. The minimum atomic E-state index is 0.0605. The van der Waals surface area contributed by atoms with Gasteiger partial charge in [-0.1, -0.05) is 54.2 Å². The average molecular weight is 272 g/mol. The van der Waals surface area contributed by atoms with Crippen molar-refractivity contribution >= 4 is 11.6 Å². The van der Waals surface area contributed by atoms with Crippen LogP contribution in [-0.4, -0.2) is 0 Å². The number of allylic oxidation sites excluding steroid dienone is 8. The zero-order valence-corrected chi connectivity index (χ0v) is 12.9. The van der Waals surface area contributed by atoms with Crippen LogP contribution in [-0.2, 0) is 0 Å². The maximum atomic E-state index is 2.44. The quantitative estimate of drug-likeness (QED) is 0.732. The van der Waals surface area contributed by atoms with Crippen LogP contribution < -0.4 is 10.4 Å². The van der Waals surface area contributed by atoms with Gasteiger partial charge in [-0.2, -0.15) is 0 Å². The molecule has 0 spiro atoms.